The number of hydrogen-bond acceptors (Lipinski definition) is 4. The van der Waals surface area contributed by atoms with Crippen LogP contribution in [0.15, 0.2) is 36.4 Å². The Hall–Kier alpha value is -3.04. The van der Waals surface area contributed by atoms with E-state index in [1.165, 1.54) is 0 Å². The number of nitrogen functional groups attached to an aromatic ring is 1. The summed E-state index contributed by atoms with van der Waals surface area (Å²) in [5.74, 6) is -3.37. The number of carbonyl (C=O) groups excluding carboxylic acids is 2. The Labute approximate surface area is 195 Å². The minimum Gasteiger partial charge on any atom is -0.384 e. The fourth-order valence-corrected chi connectivity index (χ4v) is 3.54. The van der Waals surface area contributed by atoms with E-state index in [0.29, 0.717) is 23.6 Å². The van der Waals surface area contributed by atoms with Crippen LogP contribution in [0.4, 0.5) is 8.78 Å². The van der Waals surface area contributed by atoms with Crippen molar-refractivity contribution >= 4 is 29.4 Å². The number of hydrogen-bond donors (Lipinski definition) is 3. The molecule has 7 nitrogen and oxygen atoms in total. The van der Waals surface area contributed by atoms with Crippen LogP contribution in [-0.4, -0.2) is 35.2 Å². The minimum absolute atomic E-state index is 0.0296. The van der Waals surface area contributed by atoms with Crippen molar-refractivity contribution in [1.82, 2.24) is 9.74 Å². The molecule has 3 rings (SSSR count). The second kappa shape index (κ2) is 10.7. The zero-order valence-electron chi connectivity index (χ0n) is 18.0. The number of benzene rings is 2. The second-order valence-corrected chi connectivity index (χ2v) is 8.22. The summed E-state index contributed by atoms with van der Waals surface area (Å²) in [5, 5.41) is 9.99. The maximum atomic E-state index is 14.9. The first-order valence-electron chi connectivity index (χ1n) is 10.5. The average Bonchev–Trinajstić information content (AvgIpc) is 3.60. The van der Waals surface area contributed by atoms with E-state index in [9.17, 15) is 18.4 Å². The lowest BCUT2D eigenvalue weighted by atomic mass is 10.0. The molecular formula is C23H25ClF2N4O3. The summed E-state index contributed by atoms with van der Waals surface area (Å²) in [7, 11) is 0. The van der Waals surface area contributed by atoms with Crippen LogP contribution in [0.3, 0.4) is 0 Å². The number of nitrogens with one attached hydrogen (secondary N) is 2. The van der Waals surface area contributed by atoms with Crippen LogP contribution < -0.4 is 11.1 Å². The maximum absolute atomic E-state index is 14.9. The van der Waals surface area contributed by atoms with Crippen molar-refractivity contribution in [3.05, 3.63) is 70.3 Å². The van der Waals surface area contributed by atoms with Crippen molar-refractivity contribution in [2.24, 2.45) is 11.7 Å². The predicted octanol–water partition coefficient (Wildman–Crippen LogP) is 3.65. The third kappa shape index (κ3) is 6.27. The summed E-state index contributed by atoms with van der Waals surface area (Å²) in [6.07, 6.45) is 0.378. The van der Waals surface area contributed by atoms with E-state index in [-0.39, 0.29) is 24.6 Å². The van der Waals surface area contributed by atoms with Gasteiger partial charge in [-0.1, -0.05) is 24.3 Å². The molecule has 2 amide bonds. The lowest BCUT2D eigenvalue weighted by Gasteiger charge is -2.20. The Morgan fingerprint density at radius 2 is 1.82 bits per heavy atom. The lowest BCUT2D eigenvalue weighted by Crippen LogP contribution is -2.32. The molecule has 10 heteroatoms. The predicted molar refractivity (Wildman–Crippen MR) is 120 cm³/mol. The van der Waals surface area contributed by atoms with Crippen molar-refractivity contribution in [1.29, 1.82) is 5.41 Å². The third-order valence-corrected chi connectivity index (χ3v) is 5.52. The van der Waals surface area contributed by atoms with Gasteiger partial charge in [-0.2, -0.15) is 0 Å². The molecule has 1 aliphatic carbocycles. The number of carbonyl (C=O) groups is 2. The van der Waals surface area contributed by atoms with Crippen LogP contribution in [0.1, 0.15) is 52.9 Å². The van der Waals surface area contributed by atoms with Gasteiger partial charge in [0, 0.05) is 42.6 Å². The molecule has 0 aliphatic heterocycles. The molecule has 1 saturated carbocycles. The normalized spacial score (nSPS) is 13.9. The highest BCUT2D eigenvalue weighted by atomic mass is 35.5. The zero-order valence-corrected chi connectivity index (χ0v) is 18.8. The Balaban J connectivity index is 1.74. The van der Waals surface area contributed by atoms with Crippen LogP contribution in [0.25, 0.3) is 0 Å². The van der Waals surface area contributed by atoms with Crippen molar-refractivity contribution in [2.75, 3.05) is 13.2 Å². The molecule has 4 N–H and O–H groups in total. The molecule has 1 atom stereocenters. The first kappa shape index (κ1) is 24.6. The Kier molecular flexibility index (Phi) is 7.99. The molecule has 0 heterocycles. The molecule has 0 radical (unpaired) electrons. The van der Waals surface area contributed by atoms with Gasteiger partial charge in [0.2, 0.25) is 0 Å². The number of amidine groups is 1. The average molecular weight is 479 g/mol. The summed E-state index contributed by atoms with van der Waals surface area (Å²) in [6.45, 7) is 2.01. The summed E-state index contributed by atoms with van der Waals surface area (Å²) < 4.78 is 36.0. The van der Waals surface area contributed by atoms with Gasteiger partial charge in [-0.05, 0) is 43.4 Å². The maximum Gasteiger partial charge on any atom is 0.268 e. The van der Waals surface area contributed by atoms with E-state index < -0.39 is 35.1 Å². The molecule has 1 unspecified atom stereocenters. The molecule has 2 aromatic carbocycles. The van der Waals surface area contributed by atoms with Gasteiger partial charge in [-0.25, -0.2) is 8.78 Å². The van der Waals surface area contributed by atoms with E-state index in [0.717, 1.165) is 29.4 Å². The minimum atomic E-state index is -1.55. The number of nitrogens with zero attached hydrogens (tertiary/aromatic N) is 1. The van der Waals surface area contributed by atoms with E-state index in [1.54, 1.807) is 31.2 Å². The Morgan fingerprint density at radius 3 is 2.33 bits per heavy atom. The van der Waals surface area contributed by atoms with Crippen LogP contribution >= 0.6 is 11.8 Å². The molecule has 2 aromatic rings. The van der Waals surface area contributed by atoms with Crippen LogP contribution in [0, 0.1) is 23.0 Å². The van der Waals surface area contributed by atoms with Crippen molar-refractivity contribution < 1.29 is 23.1 Å². The SMILES string of the molecule is CCOC(C(=O)NCc1ccc(C(=N)N)cc1)c1c(F)cc(C(=O)N(Cl)CC2CC2)cc1F. The molecule has 0 saturated heterocycles. The Bertz CT molecular complexity index is 1020. The fourth-order valence-electron chi connectivity index (χ4n) is 3.25. The zero-order chi connectivity index (χ0) is 24.1. The molecular weight excluding hydrogens is 454 g/mol. The molecule has 33 heavy (non-hydrogen) atoms. The standard InChI is InChI=1S/C23H25ClF2N4O3/c1-2-33-20(22(31)29-11-13-5-7-15(8-6-13)21(27)28)19-17(25)9-16(10-18(19)26)23(32)30(24)12-14-3-4-14/h5-10,14,20H,2-4,11-12H2,1H3,(H3,27,28)(H,29,31). The van der Waals surface area contributed by atoms with Crippen molar-refractivity contribution in [3.63, 3.8) is 0 Å². The summed E-state index contributed by atoms with van der Waals surface area (Å²) in [6, 6.07) is 8.33. The Morgan fingerprint density at radius 1 is 1.21 bits per heavy atom. The highest BCUT2D eigenvalue weighted by molar-refractivity contribution is 6.24. The number of amides is 2. The van der Waals surface area contributed by atoms with Gasteiger partial charge < -0.3 is 15.8 Å². The van der Waals surface area contributed by atoms with Crippen LogP contribution in [0.5, 0.6) is 0 Å². The number of nitrogens with two attached hydrogens (primary N) is 1. The highest BCUT2D eigenvalue weighted by Gasteiger charge is 2.31. The lowest BCUT2D eigenvalue weighted by molar-refractivity contribution is -0.133. The van der Waals surface area contributed by atoms with Gasteiger partial charge in [0.25, 0.3) is 11.8 Å². The van der Waals surface area contributed by atoms with Gasteiger partial charge in [-0.3, -0.25) is 19.4 Å². The van der Waals surface area contributed by atoms with E-state index >= 15 is 0 Å². The van der Waals surface area contributed by atoms with Gasteiger partial charge in [0.15, 0.2) is 6.10 Å². The number of halogens is 3. The largest absolute Gasteiger partial charge is 0.384 e. The first-order chi connectivity index (χ1) is 15.7. The van der Waals surface area contributed by atoms with E-state index in [4.69, 9.17) is 27.7 Å². The van der Waals surface area contributed by atoms with Crippen LogP contribution in [-0.2, 0) is 16.1 Å². The highest BCUT2D eigenvalue weighted by Crippen LogP contribution is 2.31. The van der Waals surface area contributed by atoms with Crippen LogP contribution in [0.2, 0.25) is 0 Å². The number of ether oxygens (including phenoxy) is 1. The molecule has 0 spiro atoms. The number of rotatable bonds is 10. The quantitative estimate of drug-likeness (QED) is 0.275. The smallest absolute Gasteiger partial charge is 0.268 e. The monoisotopic (exact) mass is 478 g/mol. The van der Waals surface area contributed by atoms with Gasteiger partial charge in [0.1, 0.15) is 17.5 Å². The molecule has 1 fully saturated rings. The topological polar surface area (TPSA) is 109 Å². The molecule has 0 bridgehead atoms. The van der Waals surface area contributed by atoms with E-state index in [1.807, 2.05) is 0 Å². The summed E-state index contributed by atoms with van der Waals surface area (Å²) in [5.41, 5.74) is 5.82. The second-order valence-electron chi connectivity index (χ2n) is 7.81. The van der Waals surface area contributed by atoms with Crippen molar-refractivity contribution in [3.8, 4) is 0 Å². The van der Waals surface area contributed by atoms with Gasteiger partial charge in [0.05, 0.1) is 5.56 Å². The van der Waals surface area contributed by atoms with Gasteiger partial charge >= 0.3 is 0 Å². The molecule has 0 aromatic heterocycles. The van der Waals surface area contributed by atoms with E-state index in [2.05, 4.69) is 5.32 Å². The first-order valence-corrected chi connectivity index (χ1v) is 10.8. The summed E-state index contributed by atoms with van der Waals surface area (Å²) in [4.78, 5) is 25.1. The molecule has 176 valence electrons. The van der Waals surface area contributed by atoms with Crippen molar-refractivity contribution in [2.45, 2.75) is 32.4 Å². The summed E-state index contributed by atoms with van der Waals surface area (Å²) >= 11 is 5.97. The van der Waals surface area contributed by atoms with Gasteiger partial charge in [-0.15, -0.1) is 0 Å². The molecule has 1 aliphatic rings. The fraction of sp³-hybridized carbons (Fsp3) is 0.348. The third-order valence-electron chi connectivity index (χ3n) is 5.23.